The second-order valence-corrected chi connectivity index (χ2v) is 6.27. The first kappa shape index (κ1) is 15.8. The first-order valence-electron chi connectivity index (χ1n) is 7.78. The van der Waals surface area contributed by atoms with Crippen molar-refractivity contribution in [3.63, 3.8) is 0 Å². The van der Waals surface area contributed by atoms with Gasteiger partial charge in [-0.25, -0.2) is 4.79 Å². The van der Waals surface area contributed by atoms with Crippen LogP contribution in [0.2, 0.25) is 0 Å². The normalized spacial score (nSPS) is 22.5. The average Bonchev–Trinajstić information content (AvgIpc) is 2.43. The number of carbonyl (C=O) groups is 1. The molecule has 1 aromatic carbocycles. The van der Waals surface area contributed by atoms with E-state index in [1.54, 1.807) is 0 Å². The third-order valence-electron chi connectivity index (χ3n) is 4.17. The molecule has 116 valence electrons. The molecule has 0 saturated heterocycles. The largest absolute Gasteiger partial charge is 0.445 e. The molecule has 0 spiro atoms. The summed E-state index contributed by atoms with van der Waals surface area (Å²) in [5, 5.41) is 6.50. The van der Waals surface area contributed by atoms with Crippen LogP contribution in [0.4, 0.5) is 4.79 Å². The van der Waals surface area contributed by atoms with Crippen molar-refractivity contribution in [2.24, 2.45) is 5.92 Å². The zero-order chi connectivity index (χ0) is 15.2. The zero-order valence-electron chi connectivity index (χ0n) is 13.1. The fourth-order valence-electron chi connectivity index (χ4n) is 2.37. The summed E-state index contributed by atoms with van der Waals surface area (Å²) in [6.45, 7) is 6.96. The molecule has 21 heavy (non-hydrogen) atoms. The van der Waals surface area contributed by atoms with Gasteiger partial charge in [0.15, 0.2) is 0 Å². The van der Waals surface area contributed by atoms with Crippen molar-refractivity contribution in [2.45, 2.75) is 58.3 Å². The molecule has 1 amide bonds. The highest BCUT2D eigenvalue weighted by molar-refractivity contribution is 5.67. The fraction of sp³-hybridized carbons (Fsp3) is 0.588. The molecule has 1 saturated carbocycles. The van der Waals surface area contributed by atoms with Crippen molar-refractivity contribution < 1.29 is 9.53 Å². The van der Waals surface area contributed by atoms with E-state index in [9.17, 15) is 4.79 Å². The monoisotopic (exact) mass is 290 g/mol. The standard InChI is InChI=1S/C17H26N2O2/c1-12(2)13(3)18-15-9-16(10-15)19-17(20)21-11-14-7-5-4-6-8-14/h4-8,12-13,15-16,18H,9-11H2,1-3H3,(H,19,20). The molecule has 0 heterocycles. The van der Waals surface area contributed by atoms with E-state index in [2.05, 4.69) is 31.4 Å². The molecular weight excluding hydrogens is 264 g/mol. The Labute approximate surface area is 127 Å². The van der Waals surface area contributed by atoms with Crippen molar-refractivity contribution in [3.8, 4) is 0 Å². The molecule has 1 atom stereocenters. The van der Waals surface area contributed by atoms with E-state index >= 15 is 0 Å². The summed E-state index contributed by atoms with van der Waals surface area (Å²) in [7, 11) is 0. The Bertz CT molecular complexity index is 441. The molecule has 2 rings (SSSR count). The van der Waals surface area contributed by atoms with Gasteiger partial charge in [0.25, 0.3) is 0 Å². The Kier molecular flexibility index (Phi) is 5.62. The van der Waals surface area contributed by atoms with Crippen molar-refractivity contribution in [3.05, 3.63) is 35.9 Å². The number of benzene rings is 1. The van der Waals surface area contributed by atoms with Crippen molar-refractivity contribution in [1.82, 2.24) is 10.6 Å². The molecule has 1 aliphatic rings. The lowest BCUT2D eigenvalue weighted by Crippen LogP contribution is -2.55. The molecule has 0 aliphatic heterocycles. The molecule has 1 aliphatic carbocycles. The summed E-state index contributed by atoms with van der Waals surface area (Å²) in [6, 6.07) is 11.0. The first-order chi connectivity index (χ1) is 10.0. The van der Waals surface area contributed by atoms with E-state index in [0.717, 1.165) is 18.4 Å². The van der Waals surface area contributed by atoms with E-state index in [0.29, 0.717) is 24.6 Å². The molecule has 2 N–H and O–H groups in total. The highest BCUT2D eigenvalue weighted by Gasteiger charge is 2.31. The number of alkyl carbamates (subject to hydrolysis) is 1. The molecule has 1 fully saturated rings. The average molecular weight is 290 g/mol. The predicted molar refractivity (Wildman–Crippen MR) is 84.0 cm³/mol. The maximum Gasteiger partial charge on any atom is 0.407 e. The van der Waals surface area contributed by atoms with Gasteiger partial charge < -0.3 is 15.4 Å². The summed E-state index contributed by atoms with van der Waals surface area (Å²) in [5.41, 5.74) is 1.01. The van der Waals surface area contributed by atoms with Crippen LogP contribution in [-0.2, 0) is 11.3 Å². The van der Waals surface area contributed by atoms with Crippen LogP contribution in [0.5, 0.6) is 0 Å². The number of hydrogen-bond donors (Lipinski definition) is 2. The van der Waals surface area contributed by atoms with Crippen LogP contribution in [0.3, 0.4) is 0 Å². The van der Waals surface area contributed by atoms with E-state index in [-0.39, 0.29) is 12.1 Å². The highest BCUT2D eigenvalue weighted by atomic mass is 16.5. The summed E-state index contributed by atoms with van der Waals surface area (Å²) < 4.78 is 5.22. The topological polar surface area (TPSA) is 50.4 Å². The van der Waals surface area contributed by atoms with Crippen LogP contribution in [0.15, 0.2) is 30.3 Å². The van der Waals surface area contributed by atoms with Crippen LogP contribution < -0.4 is 10.6 Å². The molecular formula is C17H26N2O2. The van der Waals surface area contributed by atoms with Gasteiger partial charge >= 0.3 is 6.09 Å². The van der Waals surface area contributed by atoms with E-state index < -0.39 is 0 Å². The maximum atomic E-state index is 11.7. The second kappa shape index (κ2) is 7.46. The third kappa shape index (κ3) is 5.05. The minimum atomic E-state index is -0.320. The summed E-state index contributed by atoms with van der Waals surface area (Å²) in [6.07, 6.45) is 1.65. The minimum absolute atomic E-state index is 0.241. The number of rotatable bonds is 6. The van der Waals surface area contributed by atoms with Gasteiger partial charge in [-0.3, -0.25) is 0 Å². The second-order valence-electron chi connectivity index (χ2n) is 6.27. The van der Waals surface area contributed by atoms with Gasteiger partial charge in [0.05, 0.1) is 0 Å². The quantitative estimate of drug-likeness (QED) is 0.846. The van der Waals surface area contributed by atoms with Gasteiger partial charge in [-0.15, -0.1) is 0 Å². The fourth-order valence-corrected chi connectivity index (χ4v) is 2.37. The lowest BCUT2D eigenvalue weighted by atomic mass is 9.85. The number of hydrogen-bond acceptors (Lipinski definition) is 3. The van der Waals surface area contributed by atoms with E-state index in [1.807, 2.05) is 30.3 Å². The minimum Gasteiger partial charge on any atom is -0.445 e. The van der Waals surface area contributed by atoms with Gasteiger partial charge in [0.2, 0.25) is 0 Å². The molecule has 4 heteroatoms. The number of nitrogens with one attached hydrogen (secondary N) is 2. The molecule has 1 unspecified atom stereocenters. The van der Waals surface area contributed by atoms with E-state index in [4.69, 9.17) is 4.74 Å². The summed E-state index contributed by atoms with van der Waals surface area (Å²) in [4.78, 5) is 11.7. The first-order valence-corrected chi connectivity index (χ1v) is 7.78. The van der Waals surface area contributed by atoms with E-state index in [1.165, 1.54) is 0 Å². The van der Waals surface area contributed by atoms with Gasteiger partial charge in [-0.05, 0) is 31.2 Å². The van der Waals surface area contributed by atoms with Gasteiger partial charge in [0.1, 0.15) is 6.61 Å². The van der Waals surface area contributed by atoms with Crippen molar-refractivity contribution in [2.75, 3.05) is 0 Å². The predicted octanol–water partition coefficient (Wildman–Crippen LogP) is 3.08. The Morgan fingerprint density at radius 1 is 1.19 bits per heavy atom. The Hall–Kier alpha value is -1.55. The number of carbonyl (C=O) groups excluding carboxylic acids is 1. The van der Waals surface area contributed by atoms with Crippen LogP contribution >= 0.6 is 0 Å². The number of amides is 1. The molecule has 0 bridgehead atoms. The Morgan fingerprint density at radius 3 is 2.48 bits per heavy atom. The van der Waals surface area contributed by atoms with Gasteiger partial charge in [-0.2, -0.15) is 0 Å². The summed E-state index contributed by atoms with van der Waals surface area (Å²) in [5.74, 6) is 0.632. The van der Waals surface area contributed by atoms with Crippen LogP contribution in [0.25, 0.3) is 0 Å². The number of ether oxygens (including phenoxy) is 1. The molecule has 1 aromatic rings. The highest BCUT2D eigenvalue weighted by Crippen LogP contribution is 2.21. The van der Waals surface area contributed by atoms with Crippen molar-refractivity contribution in [1.29, 1.82) is 0 Å². The maximum absolute atomic E-state index is 11.7. The summed E-state index contributed by atoms with van der Waals surface area (Å²) >= 11 is 0. The van der Waals surface area contributed by atoms with Gasteiger partial charge in [0, 0.05) is 18.1 Å². The molecule has 0 radical (unpaired) electrons. The van der Waals surface area contributed by atoms with Gasteiger partial charge in [-0.1, -0.05) is 44.2 Å². The Balaban J connectivity index is 1.60. The van der Waals surface area contributed by atoms with Crippen LogP contribution in [0.1, 0.15) is 39.2 Å². The lowest BCUT2D eigenvalue weighted by Gasteiger charge is -2.38. The lowest BCUT2D eigenvalue weighted by molar-refractivity contribution is 0.123. The van der Waals surface area contributed by atoms with Crippen molar-refractivity contribution >= 4 is 6.09 Å². The van der Waals surface area contributed by atoms with Crippen LogP contribution in [0, 0.1) is 5.92 Å². The SMILES string of the molecule is CC(C)C(C)NC1CC(NC(=O)OCc2ccccc2)C1. The third-order valence-corrected chi connectivity index (χ3v) is 4.17. The molecule has 4 nitrogen and oxygen atoms in total. The zero-order valence-corrected chi connectivity index (χ0v) is 13.1. The van der Waals surface area contributed by atoms with Crippen LogP contribution in [-0.4, -0.2) is 24.2 Å². The molecule has 0 aromatic heterocycles. The Morgan fingerprint density at radius 2 is 1.86 bits per heavy atom. The smallest absolute Gasteiger partial charge is 0.407 e.